The van der Waals surface area contributed by atoms with E-state index in [4.69, 9.17) is 5.11 Å². The molecule has 68 valence electrons. The van der Waals surface area contributed by atoms with Crippen molar-refractivity contribution >= 4 is 11.8 Å². The summed E-state index contributed by atoms with van der Waals surface area (Å²) in [5, 5.41) is 22.5. The predicted octanol–water partition coefficient (Wildman–Crippen LogP) is 0.151. The lowest BCUT2D eigenvalue weighted by Gasteiger charge is -2.15. The van der Waals surface area contributed by atoms with Crippen LogP contribution in [0.5, 0.6) is 0 Å². The highest BCUT2D eigenvalue weighted by Crippen LogP contribution is 2.21. The fourth-order valence-corrected chi connectivity index (χ4v) is 1.90. The molecular weight excluding hydrogens is 180 g/mol. The zero-order valence-corrected chi connectivity index (χ0v) is 7.26. The normalized spacial score (nSPS) is 21.4. The van der Waals surface area contributed by atoms with Gasteiger partial charge in [-0.25, -0.2) is 0 Å². The summed E-state index contributed by atoms with van der Waals surface area (Å²) < 4.78 is 0. The van der Waals surface area contributed by atoms with E-state index in [9.17, 15) is 10.1 Å². The van der Waals surface area contributed by atoms with Crippen molar-refractivity contribution in [3.05, 3.63) is 20.8 Å². The van der Waals surface area contributed by atoms with Gasteiger partial charge in [-0.2, -0.15) is 0 Å². The molecule has 0 amide bonds. The van der Waals surface area contributed by atoms with Crippen LogP contribution in [0.3, 0.4) is 0 Å². The Morgan fingerprint density at radius 1 is 1.83 bits per heavy atom. The first kappa shape index (κ1) is 9.34. The Hall–Kier alpha value is -0.750. The summed E-state index contributed by atoms with van der Waals surface area (Å²) in [7, 11) is 0. The van der Waals surface area contributed by atoms with E-state index >= 15 is 0 Å². The van der Waals surface area contributed by atoms with Gasteiger partial charge in [0.05, 0.1) is 4.92 Å². The van der Waals surface area contributed by atoms with E-state index in [1.807, 2.05) is 0 Å². The van der Waals surface area contributed by atoms with Crippen LogP contribution >= 0.6 is 11.8 Å². The van der Waals surface area contributed by atoms with Crippen LogP contribution < -0.4 is 5.32 Å². The van der Waals surface area contributed by atoms with Crippen LogP contribution in [0.25, 0.3) is 0 Å². The number of hydrogen-bond donors (Lipinski definition) is 2. The van der Waals surface area contributed by atoms with Crippen LogP contribution in [-0.4, -0.2) is 28.9 Å². The molecule has 1 rings (SSSR count). The molecule has 6 heteroatoms. The third kappa shape index (κ3) is 2.12. The number of nitrogens with one attached hydrogen (secondary N) is 1. The molecule has 1 aliphatic rings. The third-order valence-electron chi connectivity index (χ3n) is 1.49. The van der Waals surface area contributed by atoms with Crippen molar-refractivity contribution in [2.45, 2.75) is 6.42 Å². The topological polar surface area (TPSA) is 75.4 Å². The fraction of sp³-hybridized carbons (Fsp3) is 0.667. The molecule has 0 unspecified atom stereocenters. The number of thioether (sulfide) groups is 1. The summed E-state index contributed by atoms with van der Waals surface area (Å²) in [6.07, 6.45) is 1.00. The second-order valence-electron chi connectivity index (χ2n) is 2.32. The van der Waals surface area contributed by atoms with Crippen LogP contribution in [0, 0.1) is 10.1 Å². The summed E-state index contributed by atoms with van der Waals surface area (Å²) in [5.41, 5.74) is -0.125. The van der Waals surface area contributed by atoms with Crippen molar-refractivity contribution in [1.29, 1.82) is 0 Å². The van der Waals surface area contributed by atoms with Crippen molar-refractivity contribution in [3.8, 4) is 0 Å². The maximum Gasteiger partial charge on any atom is 0.300 e. The van der Waals surface area contributed by atoms with Gasteiger partial charge in [0.15, 0.2) is 0 Å². The van der Waals surface area contributed by atoms with Crippen LogP contribution in [0.1, 0.15) is 6.42 Å². The molecule has 1 heterocycles. The number of nitrogens with zero attached hydrogens (tertiary/aromatic N) is 1. The van der Waals surface area contributed by atoms with E-state index in [-0.39, 0.29) is 5.70 Å². The molecule has 0 aromatic heterocycles. The molecule has 1 aliphatic heterocycles. The zero-order valence-electron chi connectivity index (χ0n) is 6.45. The highest BCUT2D eigenvalue weighted by atomic mass is 32.2. The predicted molar refractivity (Wildman–Crippen MR) is 46.2 cm³/mol. The van der Waals surface area contributed by atoms with E-state index in [1.165, 1.54) is 11.8 Å². The number of nitro groups is 1. The molecule has 12 heavy (non-hydrogen) atoms. The second-order valence-corrected chi connectivity index (χ2v) is 3.43. The molecule has 0 aromatic carbocycles. The molecule has 2 N–H and O–H groups in total. The van der Waals surface area contributed by atoms with E-state index in [0.717, 1.165) is 18.7 Å². The largest absolute Gasteiger partial charge is 0.385 e. The molecule has 0 bridgehead atoms. The fourth-order valence-electron chi connectivity index (χ4n) is 0.897. The Labute approximate surface area is 74.0 Å². The van der Waals surface area contributed by atoms with E-state index < -0.39 is 11.5 Å². The van der Waals surface area contributed by atoms with E-state index in [2.05, 4.69) is 5.32 Å². The van der Waals surface area contributed by atoms with Gasteiger partial charge in [-0.1, -0.05) is 0 Å². The Balaban J connectivity index is 2.75. The summed E-state index contributed by atoms with van der Waals surface area (Å²) in [6, 6.07) is 0. The lowest BCUT2D eigenvalue weighted by molar-refractivity contribution is -0.430. The molecular formula is C6H10N2O3S. The Morgan fingerprint density at radius 2 is 2.58 bits per heavy atom. The van der Waals surface area contributed by atoms with Gasteiger partial charge in [0.25, 0.3) is 0 Å². The lowest BCUT2D eigenvalue weighted by Crippen LogP contribution is -2.23. The Bertz CT molecular complexity index is 209. The van der Waals surface area contributed by atoms with Crippen molar-refractivity contribution in [2.24, 2.45) is 0 Å². The molecule has 1 fully saturated rings. The number of aliphatic hydroxyl groups is 1. The van der Waals surface area contributed by atoms with Gasteiger partial charge in [-0.3, -0.25) is 10.1 Å². The molecule has 0 aromatic rings. The van der Waals surface area contributed by atoms with Crippen molar-refractivity contribution in [2.75, 3.05) is 18.9 Å². The highest BCUT2D eigenvalue weighted by Gasteiger charge is 2.19. The standard InChI is InChI=1S/C6H10N2O3S/c9-4-5(8(10)11)6-7-2-1-3-12-6/h7,9H,1-4H2. The van der Waals surface area contributed by atoms with Gasteiger partial charge < -0.3 is 10.4 Å². The molecule has 0 radical (unpaired) electrons. The minimum absolute atomic E-state index is 0.125. The molecule has 1 saturated heterocycles. The molecule has 0 atom stereocenters. The minimum Gasteiger partial charge on any atom is -0.385 e. The maximum absolute atomic E-state index is 10.4. The SMILES string of the molecule is O=[N+]([O-])C(CO)=C1NCCCS1. The number of aliphatic hydroxyl groups excluding tert-OH is 1. The highest BCUT2D eigenvalue weighted by molar-refractivity contribution is 8.03. The average molecular weight is 190 g/mol. The van der Waals surface area contributed by atoms with Crippen molar-refractivity contribution in [3.63, 3.8) is 0 Å². The lowest BCUT2D eigenvalue weighted by atomic mass is 10.4. The smallest absolute Gasteiger partial charge is 0.300 e. The van der Waals surface area contributed by atoms with Crippen LogP contribution in [-0.2, 0) is 0 Å². The van der Waals surface area contributed by atoms with Crippen LogP contribution in [0.15, 0.2) is 10.7 Å². The quantitative estimate of drug-likeness (QED) is 0.479. The average Bonchev–Trinajstić information content (AvgIpc) is 2.07. The van der Waals surface area contributed by atoms with Gasteiger partial charge in [-0.15, -0.1) is 11.8 Å². The minimum atomic E-state index is -0.541. The maximum atomic E-state index is 10.4. The molecule has 0 aliphatic carbocycles. The van der Waals surface area contributed by atoms with E-state index in [1.54, 1.807) is 0 Å². The van der Waals surface area contributed by atoms with Crippen molar-refractivity contribution < 1.29 is 10.0 Å². The number of hydrogen-bond acceptors (Lipinski definition) is 5. The van der Waals surface area contributed by atoms with Crippen LogP contribution in [0.4, 0.5) is 0 Å². The molecule has 0 spiro atoms. The monoisotopic (exact) mass is 190 g/mol. The first-order valence-electron chi connectivity index (χ1n) is 3.60. The third-order valence-corrected chi connectivity index (χ3v) is 2.65. The second kappa shape index (κ2) is 4.32. The summed E-state index contributed by atoms with van der Waals surface area (Å²) in [4.78, 5) is 9.82. The summed E-state index contributed by atoms with van der Waals surface area (Å²) in [6.45, 7) is 0.238. The van der Waals surface area contributed by atoms with Gasteiger partial charge in [-0.05, 0) is 6.42 Å². The van der Waals surface area contributed by atoms with Gasteiger partial charge in [0.1, 0.15) is 11.6 Å². The van der Waals surface area contributed by atoms with Crippen LogP contribution in [0.2, 0.25) is 0 Å². The zero-order chi connectivity index (χ0) is 8.97. The molecule has 5 nitrogen and oxygen atoms in total. The Morgan fingerprint density at radius 3 is 3.00 bits per heavy atom. The molecule has 0 saturated carbocycles. The first-order valence-corrected chi connectivity index (χ1v) is 4.59. The van der Waals surface area contributed by atoms with E-state index in [0.29, 0.717) is 5.03 Å². The van der Waals surface area contributed by atoms with Gasteiger partial charge in [0.2, 0.25) is 0 Å². The van der Waals surface area contributed by atoms with Gasteiger partial charge >= 0.3 is 5.70 Å². The Kier molecular flexibility index (Phi) is 3.36. The first-order chi connectivity index (χ1) is 5.75. The number of rotatable bonds is 2. The summed E-state index contributed by atoms with van der Waals surface area (Å²) >= 11 is 1.39. The van der Waals surface area contributed by atoms with Gasteiger partial charge in [0, 0.05) is 12.3 Å². The summed E-state index contributed by atoms with van der Waals surface area (Å²) in [5.74, 6) is 0.875. The van der Waals surface area contributed by atoms with Crippen molar-refractivity contribution in [1.82, 2.24) is 5.32 Å².